The van der Waals surface area contributed by atoms with E-state index in [9.17, 15) is 0 Å². The van der Waals surface area contributed by atoms with Crippen molar-refractivity contribution in [1.29, 1.82) is 0 Å². The second kappa shape index (κ2) is 5.79. The largest absolute Gasteiger partial charge is 0.312 e. The lowest BCUT2D eigenvalue weighted by Crippen LogP contribution is -2.13. The van der Waals surface area contributed by atoms with Crippen LogP contribution in [0.1, 0.15) is 23.9 Å². The molecule has 0 aromatic carbocycles. The quantitative estimate of drug-likeness (QED) is 0.819. The minimum absolute atomic E-state index is 0.789. The maximum atomic E-state index is 4.32. The van der Waals surface area contributed by atoms with E-state index in [-0.39, 0.29) is 0 Å². The Balaban J connectivity index is 2.22. The predicted molar refractivity (Wildman–Crippen MR) is 67.7 cm³/mol. The molecule has 0 atom stereocenters. The molecule has 5 nitrogen and oxygen atoms in total. The number of aromatic nitrogens is 4. The molecule has 0 bridgehead atoms. The summed E-state index contributed by atoms with van der Waals surface area (Å²) in [5.74, 6) is 0. The minimum atomic E-state index is 0.789. The van der Waals surface area contributed by atoms with Gasteiger partial charge in [0.1, 0.15) is 11.4 Å². The summed E-state index contributed by atoms with van der Waals surface area (Å²) in [7, 11) is 0. The van der Waals surface area contributed by atoms with Crippen LogP contribution in [0.5, 0.6) is 0 Å². The molecule has 0 fully saturated rings. The standard InChI is InChI=1S/C11H15N5S/c1-3-4-12-7-9-11(15-16-17-9)10-8(2)13-5-6-14-10/h5-6,12H,3-4,7H2,1-2H3. The highest BCUT2D eigenvalue weighted by atomic mass is 32.1. The molecule has 2 aromatic rings. The van der Waals surface area contributed by atoms with Crippen molar-refractivity contribution in [2.75, 3.05) is 6.54 Å². The first-order chi connectivity index (χ1) is 8.33. The molecule has 2 rings (SSSR count). The minimum Gasteiger partial charge on any atom is -0.312 e. The van der Waals surface area contributed by atoms with Crippen molar-refractivity contribution in [2.45, 2.75) is 26.8 Å². The van der Waals surface area contributed by atoms with Gasteiger partial charge in [0.05, 0.1) is 10.6 Å². The first kappa shape index (κ1) is 12.1. The number of nitrogens with one attached hydrogen (secondary N) is 1. The van der Waals surface area contributed by atoms with Crippen LogP contribution < -0.4 is 5.32 Å². The van der Waals surface area contributed by atoms with Gasteiger partial charge in [-0.1, -0.05) is 11.4 Å². The van der Waals surface area contributed by atoms with Gasteiger partial charge in [-0.05, 0) is 31.4 Å². The molecule has 0 aliphatic rings. The average Bonchev–Trinajstić information content (AvgIpc) is 2.78. The molecule has 0 aliphatic heterocycles. The van der Waals surface area contributed by atoms with E-state index in [0.29, 0.717) is 0 Å². The monoisotopic (exact) mass is 249 g/mol. The summed E-state index contributed by atoms with van der Waals surface area (Å²) >= 11 is 1.41. The number of hydrogen-bond acceptors (Lipinski definition) is 6. The molecule has 0 saturated heterocycles. The van der Waals surface area contributed by atoms with Crippen LogP contribution in [-0.2, 0) is 6.54 Å². The molecule has 17 heavy (non-hydrogen) atoms. The van der Waals surface area contributed by atoms with E-state index in [0.717, 1.165) is 41.5 Å². The Labute approximate surface area is 104 Å². The summed E-state index contributed by atoms with van der Waals surface area (Å²) in [5.41, 5.74) is 2.57. The fraction of sp³-hybridized carbons (Fsp3) is 0.455. The fourth-order valence-corrected chi connectivity index (χ4v) is 2.14. The first-order valence-electron chi connectivity index (χ1n) is 5.63. The Kier molecular flexibility index (Phi) is 4.11. The van der Waals surface area contributed by atoms with Crippen LogP contribution in [0, 0.1) is 6.92 Å². The third kappa shape index (κ3) is 2.83. The van der Waals surface area contributed by atoms with Gasteiger partial charge in [0, 0.05) is 18.9 Å². The number of aryl methyl sites for hydroxylation is 1. The van der Waals surface area contributed by atoms with Gasteiger partial charge in [0.15, 0.2) is 0 Å². The van der Waals surface area contributed by atoms with Crippen LogP contribution in [0.4, 0.5) is 0 Å². The summed E-state index contributed by atoms with van der Waals surface area (Å²) in [5, 5.41) is 7.50. The molecule has 0 aliphatic carbocycles. The van der Waals surface area contributed by atoms with Crippen LogP contribution >= 0.6 is 11.5 Å². The zero-order valence-corrected chi connectivity index (χ0v) is 10.8. The highest BCUT2D eigenvalue weighted by Crippen LogP contribution is 2.23. The molecule has 0 unspecified atom stereocenters. The average molecular weight is 249 g/mol. The Morgan fingerprint density at radius 2 is 2.06 bits per heavy atom. The second-order valence-corrected chi connectivity index (χ2v) is 4.55. The predicted octanol–water partition coefficient (Wildman–Crippen LogP) is 1.80. The summed E-state index contributed by atoms with van der Waals surface area (Å²) in [6, 6.07) is 0. The maximum absolute atomic E-state index is 4.32. The first-order valence-corrected chi connectivity index (χ1v) is 6.40. The molecule has 0 spiro atoms. The maximum Gasteiger partial charge on any atom is 0.130 e. The van der Waals surface area contributed by atoms with Crippen LogP contribution in [0.15, 0.2) is 12.4 Å². The number of hydrogen-bond donors (Lipinski definition) is 1. The molecule has 2 heterocycles. The van der Waals surface area contributed by atoms with Crippen LogP contribution in [0.2, 0.25) is 0 Å². The van der Waals surface area contributed by atoms with Gasteiger partial charge in [0.2, 0.25) is 0 Å². The Morgan fingerprint density at radius 1 is 1.24 bits per heavy atom. The SMILES string of the molecule is CCCNCc1snnc1-c1nccnc1C. The molecular weight excluding hydrogens is 234 g/mol. The summed E-state index contributed by atoms with van der Waals surface area (Å²) in [6.07, 6.45) is 4.49. The highest BCUT2D eigenvalue weighted by molar-refractivity contribution is 7.05. The molecule has 0 saturated carbocycles. The van der Waals surface area contributed by atoms with Gasteiger partial charge >= 0.3 is 0 Å². The van der Waals surface area contributed by atoms with E-state index in [4.69, 9.17) is 0 Å². The third-order valence-corrected chi connectivity index (χ3v) is 3.10. The van der Waals surface area contributed by atoms with Crippen molar-refractivity contribution in [3.8, 4) is 11.4 Å². The lowest BCUT2D eigenvalue weighted by molar-refractivity contribution is 0.681. The van der Waals surface area contributed by atoms with Crippen LogP contribution in [0.3, 0.4) is 0 Å². The summed E-state index contributed by atoms with van der Waals surface area (Å²) in [6.45, 7) is 5.87. The van der Waals surface area contributed by atoms with Gasteiger partial charge in [-0.25, -0.2) is 0 Å². The van der Waals surface area contributed by atoms with Gasteiger partial charge in [-0.2, -0.15) is 0 Å². The Bertz CT molecular complexity index is 482. The smallest absolute Gasteiger partial charge is 0.130 e. The Hall–Kier alpha value is -1.40. The fourth-order valence-electron chi connectivity index (χ4n) is 1.52. The molecule has 0 amide bonds. The lowest BCUT2D eigenvalue weighted by atomic mass is 10.2. The Morgan fingerprint density at radius 3 is 2.82 bits per heavy atom. The van der Waals surface area contributed by atoms with E-state index in [2.05, 4.69) is 31.8 Å². The van der Waals surface area contributed by atoms with Crippen molar-refractivity contribution < 1.29 is 0 Å². The van der Waals surface area contributed by atoms with E-state index in [1.165, 1.54) is 11.5 Å². The van der Waals surface area contributed by atoms with Crippen molar-refractivity contribution >= 4 is 11.5 Å². The highest BCUT2D eigenvalue weighted by Gasteiger charge is 2.13. The van der Waals surface area contributed by atoms with Crippen molar-refractivity contribution in [3.63, 3.8) is 0 Å². The molecular formula is C11H15N5S. The third-order valence-electron chi connectivity index (χ3n) is 2.37. The summed E-state index contributed by atoms with van der Waals surface area (Å²) in [4.78, 5) is 9.66. The van der Waals surface area contributed by atoms with Gasteiger partial charge in [-0.3, -0.25) is 9.97 Å². The number of rotatable bonds is 5. The molecule has 2 aromatic heterocycles. The lowest BCUT2D eigenvalue weighted by Gasteiger charge is -2.03. The van der Waals surface area contributed by atoms with E-state index in [1.807, 2.05) is 6.92 Å². The number of nitrogens with zero attached hydrogens (tertiary/aromatic N) is 4. The normalized spacial score (nSPS) is 10.7. The van der Waals surface area contributed by atoms with Crippen LogP contribution in [-0.4, -0.2) is 26.1 Å². The van der Waals surface area contributed by atoms with Crippen molar-refractivity contribution in [1.82, 2.24) is 24.9 Å². The van der Waals surface area contributed by atoms with Crippen LogP contribution in [0.25, 0.3) is 11.4 Å². The molecule has 1 N–H and O–H groups in total. The van der Waals surface area contributed by atoms with Gasteiger partial charge in [-0.15, -0.1) is 5.10 Å². The van der Waals surface area contributed by atoms with E-state index in [1.54, 1.807) is 12.4 Å². The summed E-state index contributed by atoms with van der Waals surface area (Å²) < 4.78 is 4.00. The van der Waals surface area contributed by atoms with Crippen molar-refractivity contribution in [2.24, 2.45) is 0 Å². The molecule has 6 heteroatoms. The van der Waals surface area contributed by atoms with Gasteiger partial charge < -0.3 is 5.32 Å². The van der Waals surface area contributed by atoms with E-state index >= 15 is 0 Å². The second-order valence-electron chi connectivity index (χ2n) is 3.71. The molecule has 90 valence electrons. The van der Waals surface area contributed by atoms with Gasteiger partial charge in [0.25, 0.3) is 0 Å². The molecule has 0 radical (unpaired) electrons. The topological polar surface area (TPSA) is 63.6 Å². The van der Waals surface area contributed by atoms with E-state index < -0.39 is 0 Å². The van der Waals surface area contributed by atoms with Crippen molar-refractivity contribution in [3.05, 3.63) is 23.0 Å². The zero-order chi connectivity index (χ0) is 12.1. The zero-order valence-electron chi connectivity index (χ0n) is 9.97.